The first-order chi connectivity index (χ1) is 13.0. The Labute approximate surface area is 155 Å². The molecule has 3 atom stereocenters. The third kappa shape index (κ3) is 3.40. The van der Waals surface area contributed by atoms with Gasteiger partial charge in [0.25, 0.3) is 5.91 Å². The van der Waals surface area contributed by atoms with E-state index in [9.17, 15) is 14.0 Å². The number of carbonyl (C=O) groups excluding carboxylic acids is 2. The van der Waals surface area contributed by atoms with Gasteiger partial charge in [0.2, 0.25) is 5.91 Å². The van der Waals surface area contributed by atoms with Gasteiger partial charge in [-0.05, 0) is 24.6 Å². The summed E-state index contributed by atoms with van der Waals surface area (Å²) in [6.07, 6.45) is 2.65. The van der Waals surface area contributed by atoms with Crippen molar-refractivity contribution in [3.8, 4) is 0 Å². The lowest BCUT2D eigenvalue weighted by Crippen LogP contribution is -2.45. The maximum absolute atomic E-state index is 13.3. The van der Waals surface area contributed by atoms with Crippen molar-refractivity contribution >= 4 is 11.8 Å². The summed E-state index contributed by atoms with van der Waals surface area (Å²) in [6, 6.07) is 5.84. The zero-order valence-corrected chi connectivity index (χ0v) is 14.8. The molecule has 140 valence electrons. The van der Waals surface area contributed by atoms with E-state index < -0.39 is 0 Å². The van der Waals surface area contributed by atoms with Crippen LogP contribution in [-0.4, -0.2) is 58.5 Å². The number of fused-ring (bicyclic) bond motifs is 1. The van der Waals surface area contributed by atoms with Gasteiger partial charge in [0.1, 0.15) is 18.1 Å². The van der Waals surface area contributed by atoms with E-state index in [1.54, 1.807) is 30.2 Å². The molecule has 0 spiro atoms. The van der Waals surface area contributed by atoms with E-state index in [1.165, 1.54) is 18.3 Å². The van der Waals surface area contributed by atoms with Gasteiger partial charge < -0.3 is 15.0 Å². The van der Waals surface area contributed by atoms with Crippen LogP contribution in [0, 0.1) is 12.7 Å². The Balaban J connectivity index is 1.68. The number of ether oxygens (including phenoxy) is 1. The normalized spacial score (nSPS) is 24.9. The van der Waals surface area contributed by atoms with Gasteiger partial charge >= 0.3 is 0 Å². The summed E-state index contributed by atoms with van der Waals surface area (Å²) in [5.74, 6) is -0.963. The van der Waals surface area contributed by atoms with E-state index in [-0.39, 0.29) is 48.0 Å². The minimum atomic E-state index is -0.365. The molecule has 8 heteroatoms. The molecule has 4 rings (SSSR count). The molecule has 0 bridgehead atoms. The third-order valence-corrected chi connectivity index (χ3v) is 5.02. The largest absolute Gasteiger partial charge is 0.365 e. The Morgan fingerprint density at radius 3 is 2.81 bits per heavy atom. The topological polar surface area (TPSA) is 84.4 Å². The summed E-state index contributed by atoms with van der Waals surface area (Å²) in [5.41, 5.74) is 1.77. The summed E-state index contributed by atoms with van der Waals surface area (Å²) in [4.78, 5) is 34.8. The predicted octanol–water partition coefficient (Wildman–Crippen LogP) is 1.05. The van der Waals surface area contributed by atoms with Crippen LogP contribution in [0.2, 0.25) is 0 Å². The number of hydrogen-bond acceptors (Lipinski definition) is 5. The van der Waals surface area contributed by atoms with Gasteiger partial charge in [0, 0.05) is 25.2 Å². The van der Waals surface area contributed by atoms with Crippen molar-refractivity contribution in [1.82, 2.24) is 20.2 Å². The molecule has 2 aromatic rings. The van der Waals surface area contributed by atoms with E-state index in [2.05, 4.69) is 15.3 Å². The number of benzene rings is 1. The molecule has 27 heavy (non-hydrogen) atoms. The SMILES string of the molecule is Cc1cncc(C(=O)N2C[C@H](c3ccc(F)cc3)[C@H]3OCC(=O)NC[C@H]32)n1. The summed E-state index contributed by atoms with van der Waals surface area (Å²) < 4.78 is 19.2. The number of nitrogens with zero attached hydrogens (tertiary/aromatic N) is 3. The van der Waals surface area contributed by atoms with Gasteiger partial charge in [-0.1, -0.05) is 12.1 Å². The summed E-state index contributed by atoms with van der Waals surface area (Å²) in [5, 5.41) is 2.79. The number of carbonyl (C=O) groups is 2. The fourth-order valence-electron chi connectivity index (χ4n) is 3.74. The zero-order valence-electron chi connectivity index (χ0n) is 14.8. The van der Waals surface area contributed by atoms with Crippen LogP contribution in [0.3, 0.4) is 0 Å². The van der Waals surface area contributed by atoms with Crippen LogP contribution in [0.15, 0.2) is 36.7 Å². The molecule has 0 aliphatic carbocycles. The first kappa shape index (κ1) is 17.5. The molecule has 3 heterocycles. The molecular weight excluding hydrogens is 351 g/mol. The van der Waals surface area contributed by atoms with Crippen LogP contribution in [0.25, 0.3) is 0 Å². The van der Waals surface area contributed by atoms with Crippen molar-refractivity contribution in [1.29, 1.82) is 0 Å². The molecule has 2 saturated heterocycles. The van der Waals surface area contributed by atoms with Crippen molar-refractivity contribution in [3.63, 3.8) is 0 Å². The van der Waals surface area contributed by atoms with Crippen molar-refractivity contribution in [2.45, 2.75) is 25.0 Å². The Kier molecular flexibility index (Phi) is 4.57. The van der Waals surface area contributed by atoms with Crippen molar-refractivity contribution < 1.29 is 18.7 Å². The smallest absolute Gasteiger partial charge is 0.274 e. The van der Waals surface area contributed by atoms with E-state index >= 15 is 0 Å². The molecule has 1 aromatic carbocycles. The van der Waals surface area contributed by atoms with Crippen LogP contribution < -0.4 is 5.32 Å². The number of rotatable bonds is 2. The first-order valence-corrected chi connectivity index (χ1v) is 8.76. The second-order valence-electron chi connectivity index (χ2n) is 6.81. The maximum Gasteiger partial charge on any atom is 0.274 e. The maximum atomic E-state index is 13.3. The zero-order chi connectivity index (χ0) is 19.0. The molecule has 1 N–H and O–H groups in total. The van der Waals surface area contributed by atoms with Crippen LogP contribution in [0.1, 0.15) is 27.7 Å². The van der Waals surface area contributed by atoms with E-state index in [1.807, 2.05) is 0 Å². The lowest BCUT2D eigenvalue weighted by Gasteiger charge is -2.26. The summed E-state index contributed by atoms with van der Waals surface area (Å²) >= 11 is 0. The van der Waals surface area contributed by atoms with E-state index in [0.29, 0.717) is 18.8 Å². The van der Waals surface area contributed by atoms with Gasteiger partial charge in [-0.2, -0.15) is 0 Å². The summed E-state index contributed by atoms with van der Waals surface area (Å²) in [7, 11) is 0. The van der Waals surface area contributed by atoms with Gasteiger partial charge in [-0.25, -0.2) is 9.37 Å². The van der Waals surface area contributed by atoms with Gasteiger partial charge in [-0.3, -0.25) is 14.6 Å². The molecule has 1 aromatic heterocycles. The number of hydrogen-bond donors (Lipinski definition) is 1. The Bertz CT molecular complexity index is 874. The Morgan fingerprint density at radius 2 is 2.07 bits per heavy atom. The minimum Gasteiger partial charge on any atom is -0.365 e. The van der Waals surface area contributed by atoms with E-state index in [0.717, 1.165) is 5.56 Å². The molecule has 0 unspecified atom stereocenters. The van der Waals surface area contributed by atoms with Crippen LogP contribution in [0.4, 0.5) is 4.39 Å². The van der Waals surface area contributed by atoms with Gasteiger partial charge in [0.05, 0.1) is 24.0 Å². The third-order valence-electron chi connectivity index (χ3n) is 5.02. The van der Waals surface area contributed by atoms with E-state index in [4.69, 9.17) is 4.74 Å². The number of likely N-dealkylation sites (tertiary alicyclic amines) is 1. The number of nitrogens with one attached hydrogen (secondary N) is 1. The summed E-state index contributed by atoms with van der Waals surface area (Å²) in [6.45, 7) is 2.40. The highest BCUT2D eigenvalue weighted by atomic mass is 19.1. The predicted molar refractivity (Wildman–Crippen MR) is 93.5 cm³/mol. The number of halogens is 1. The standard InChI is InChI=1S/C19H19FN4O3/c1-11-6-21-7-15(23-11)19(26)24-9-14(12-2-4-13(20)5-3-12)18-16(24)8-22-17(25)10-27-18/h2-7,14,16,18H,8-10H2,1H3,(H,22,25)/t14-,16-,18-/m1/s1. The Morgan fingerprint density at radius 1 is 1.30 bits per heavy atom. The van der Waals surface area contributed by atoms with Crippen molar-refractivity contribution in [2.75, 3.05) is 19.7 Å². The molecule has 2 fully saturated rings. The van der Waals surface area contributed by atoms with Crippen LogP contribution >= 0.6 is 0 Å². The van der Waals surface area contributed by atoms with Gasteiger partial charge in [-0.15, -0.1) is 0 Å². The van der Waals surface area contributed by atoms with Crippen LogP contribution in [-0.2, 0) is 9.53 Å². The number of amides is 2. The highest BCUT2D eigenvalue weighted by molar-refractivity contribution is 5.92. The second kappa shape index (κ2) is 7.03. The highest BCUT2D eigenvalue weighted by Crippen LogP contribution is 2.35. The second-order valence-corrected chi connectivity index (χ2v) is 6.81. The highest BCUT2D eigenvalue weighted by Gasteiger charge is 2.47. The molecule has 2 aliphatic rings. The minimum absolute atomic E-state index is 0.0643. The molecular formula is C19H19FN4O3. The molecule has 0 radical (unpaired) electrons. The van der Waals surface area contributed by atoms with Crippen molar-refractivity contribution in [3.05, 3.63) is 59.4 Å². The Hall–Kier alpha value is -2.87. The quantitative estimate of drug-likeness (QED) is 0.854. The molecule has 0 saturated carbocycles. The molecule has 2 amide bonds. The first-order valence-electron chi connectivity index (χ1n) is 8.76. The monoisotopic (exact) mass is 370 g/mol. The lowest BCUT2D eigenvalue weighted by molar-refractivity contribution is -0.125. The fraction of sp³-hybridized carbons (Fsp3) is 0.368. The number of aryl methyl sites for hydroxylation is 1. The van der Waals surface area contributed by atoms with Gasteiger partial charge in [0.15, 0.2) is 0 Å². The average molecular weight is 370 g/mol. The average Bonchev–Trinajstić information content (AvgIpc) is 2.92. The number of aromatic nitrogens is 2. The fourth-order valence-corrected chi connectivity index (χ4v) is 3.74. The lowest BCUT2D eigenvalue weighted by atomic mass is 9.93. The van der Waals surface area contributed by atoms with Crippen molar-refractivity contribution in [2.24, 2.45) is 0 Å². The van der Waals surface area contributed by atoms with Crippen LogP contribution in [0.5, 0.6) is 0 Å². The molecule has 2 aliphatic heterocycles. The molecule has 7 nitrogen and oxygen atoms in total.